The van der Waals surface area contributed by atoms with Gasteiger partial charge in [0.05, 0.1) is 16.5 Å². The van der Waals surface area contributed by atoms with Gasteiger partial charge in [-0.3, -0.25) is 9.59 Å². The molecule has 2 amide bonds. The molecule has 2 rings (SSSR count). The van der Waals surface area contributed by atoms with Crippen molar-refractivity contribution in [2.24, 2.45) is 11.7 Å². The Hall–Kier alpha value is -2.22. The van der Waals surface area contributed by atoms with Crippen molar-refractivity contribution in [2.75, 3.05) is 19.7 Å². The summed E-state index contributed by atoms with van der Waals surface area (Å²) in [4.78, 5) is 36.4. The molecule has 1 heterocycles. The minimum atomic E-state index is -1.25. The number of benzene rings is 1. The highest BCUT2D eigenvalue weighted by atomic mass is 35.5. The number of esters is 1. The predicted molar refractivity (Wildman–Crippen MR) is 80.1 cm³/mol. The molecule has 6 nitrogen and oxygen atoms in total. The van der Waals surface area contributed by atoms with Gasteiger partial charge in [0.2, 0.25) is 5.91 Å². The maximum Gasteiger partial charge on any atom is 0.340 e. The fourth-order valence-electron chi connectivity index (χ4n) is 2.41. The Labute approximate surface area is 141 Å². The van der Waals surface area contributed by atoms with Crippen LogP contribution in [0.15, 0.2) is 12.1 Å². The van der Waals surface area contributed by atoms with Gasteiger partial charge in [-0.1, -0.05) is 11.6 Å². The number of hydrogen-bond donors (Lipinski definition) is 1. The zero-order valence-corrected chi connectivity index (χ0v) is 13.3. The molecular weight excluding hydrogens is 346 g/mol. The van der Waals surface area contributed by atoms with Crippen molar-refractivity contribution in [1.29, 1.82) is 0 Å². The molecule has 2 N–H and O–H groups in total. The van der Waals surface area contributed by atoms with Gasteiger partial charge in [-0.2, -0.15) is 0 Å². The number of primary amides is 1. The van der Waals surface area contributed by atoms with E-state index in [4.69, 9.17) is 22.1 Å². The number of piperidine rings is 1. The van der Waals surface area contributed by atoms with Gasteiger partial charge < -0.3 is 15.4 Å². The van der Waals surface area contributed by atoms with E-state index in [9.17, 15) is 23.2 Å². The summed E-state index contributed by atoms with van der Waals surface area (Å²) in [7, 11) is 0. The molecule has 1 aromatic rings. The average Bonchev–Trinajstić information content (AvgIpc) is 2.55. The number of rotatable bonds is 4. The molecule has 0 saturated carbocycles. The van der Waals surface area contributed by atoms with Gasteiger partial charge in [0.15, 0.2) is 18.2 Å². The fourth-order valence-corrected chi connectivity index (χ4v) is 2.64. The second-order valence-corrected chi connectivity index (χ2v) is 5.81. The first-order valence-electron chi connectivity index (χ1n) is 7.18. The number of nitrogens with zero attached hydrogens (tertiary/aromatic N) is 1. The first-order valence-corrected chi connectivity index (χ1v) is 7.56. The number of nitrogens with two attached hydrogens (primary N) is 1. The summed E-state index contributed by atoms with van der Waals surface area (Å²) in [6.07, 6.45) is 1.21. The summed E-state index contributed by atoms with van der Waals surface area (Å²) in [5.74, 6) is -4.92. The van der Waals surface area contributed by atoms with Crippen LogP contribution in [-0.2, 0) is 14.3 Å². The molecule has 1 aromatic carbocycles. The molecule has 0 unspecified atom stereocenters. The predicted octanol–water partition coefficient (Wildman–Crippen LogP) is 1.50. The minimum absolute atomic E-state index is 0.164. The Kier molecular flexibility index (Phi) is 5.71. The van der Waals surface area contributed by atoms with Gasteiger partial charge in [0.25, 0.3) is 5.91 Å². The molecule has 1 aliphatic rings. The van der Waals surface area contributed by atoms with Crippen LogP contribution in [0.1, 0.15) is 23.2 Å². The second kappa shape index (κ2) is 7.57. The molecule has 0 aliphatic carbocycles. The first-order chi connectivity index (χ1) is 11.3. The Balaban J connectivity index is 1.95. The lowest BCUT2D eigenvalue weighted by atomic mass is 9.97. The second-order valence-electron chi connectivity index (χ2n) is 5.40. The Morgan fingerprint density at radius 2 is 1.96 bits per heavy atom. The van der Waals surface area contributed by atoms with Crippen LogP contribution in [0, 0.1) is 17.6 Å². The molecule has 0 spiro atoms. The lowest BCUT2D eigenvalue weighted by molar-refractivity contribution is -0.137. The molecule has 1 saturated heterocycles. The van der Waals surface area contributed by atoms with E-state index < -0.39 is 41.9 Å². The number of hydrogen-bond acceptors (Lipinski definition) is 4. The van der Waals surface area contributed by atoms with E-state index in [1.54, 1.807) is 0 Å². The lowest BCUT2D eigenvalue weighted by Crippen LogP contribution is -2.45. The molecule has 1 atom stereocenters. The quantitative estimate of drug-likeness (QED) is 0.651. The number of ether oxygens (including phenoxy) is 1. The average molecular weight is 361 g/mol. The molecule has 1 fully saturated rings. The summed E-state index contributed by atoms with van der Waals surface area (Å²) in [6.45, 7) is -0.0105. The van der Waals surface area contributed by atoms with E-state index in [0.717, 1.165) is 0 Å². The molecule has 130 valence electrons. The third-order valence-electron chi connectivity index (χ3n) is 3.73. The molecule has 0 bridgehead atoms. The molecule has 0 radical (unpaired) electrons. The molecule has 9 heteroatoms. The van der Waals surface area contributed by atoms with Crippen LogP contribution < -0.4 is 5.73 Å². The lowest BCUT2D eigenvalue weighted by Gasteiger charge is -2.31. The third kappa shape index (κ3) is 4.19. The van der Waals surface area contributed by atoms with E-state index in [-0.39, 0.29) is 17.1 Å². The number of carbonyl (C=O) groups is 3. The van der Waals surface area contributed by atoms with Crippen molar-refractivity contribution in [2.45, 2.75) is 12.8 Å². The SMILES string of the molecule is NC(=O)[C@H]1CCCN(C(=O)COC(=O)c2cc(F)c(F)cc2Cl)C1. The van der Waals surface area contributed by atoms with Crippen molar-refractivity contribution >= 4 is 29.4 Å². The maximum absolute atomic E-state index is 13.2. The van der Waals surface area contributed by atoms with Gasteiger partial charge >= 0.3 is 5.97 Å². The summed E-state index contributed by atoms with van der Waals surface area (Å²) >= 11 is 5.66. The number of amides is 2. The summed E-state index contributed by atoms with van der Waals surface area (Å²) in [5, 5.41) is -0.321. The topological polar surface area (TPSA) is 89.7 Å². The number of likely N-dealkylation sites (tertiary alicyclic amines) is 1. The Morgan fingerprint density at radius 3 is 2.62 bits per heavy atom. The summed E-state index contributed by atoms with van der Waals surface area (Å²) in [6, 6.07) is 1.26. The van der Waals surface area contributed by atoms with E-state index in [2.05, 4.69) is 0 Å². The van der Waals surface area contributed by atoms with Gasteiger partial charge in [-0.05, 0) is 25.0 Å². The number of halogens is 3. The standard InChI is InChI=1S/C15H15ClF2N2O4/c16-10-5-12(18)11(17)4-9(10)15(23)24-7-13(21)20-3-1-2-8(6-20)14(19)22/h4-5,8H,1-3,6-7H2,(H2,19,22)/t8-/m0/s1. The normalized spacial score (nSPS) is 17.5. The van der Waals surface area contributed by atoms with Crippen molar-refractivity contribution < 1.29 is 27.9 Å². The van der Waals surface area contributed by atoms with Gasteiger partial charge in [0.1, 0.15) is 0 Å². The maximum atomic E-state index is 13.2. The highest BCUT2D eigenvalue weighted by Crippen LogP contribution is 2.21. The molecule has 24 heavy (non-hydrogen) atoms. The van der Waals surface area contributed by atoms with Gasteiger partial charge in [-0.25, -0.2) is 13.6 Å². The van der Waals surface area contributed by atoms with E-state index in [1.165, 1.54) is 4.90 Å². The highest BCUT2D eigenvalue weighted by molar-refractivity contribution is 6.33. The largest absolute Gasteiger partial charge is 0.452 e. The Morgan fingerprint density at radius 1 is 1.29 bits per heavy atom. The van der Waals surface area contributed by atoms with Gasteiger partial charge in [0, 0.05) is 13.1 Å². The molecular formula is C15H15ClF2N2O4. The van der Waals surface area contributed by atoms with E-state index >= 15 is 0 Å². The molecule has 0 aromatic heterocycles. The van der Waals surface area contributed by atoms with Crippen molar-refractivity contribution in [1.82, 2.24) is 4.90 Å². The van der Waals surface area contributed by atoms with E-state index in [0.29, 0.717) is 31.5 Å². The van der Waals surface area contributed by atoms with Crippen molar-refractivity contribution in [3.63, 3.8) is 0 Å². The van der Waals surface area contributed by atoms with E-state index in [1.807, 2.05) is 0 Å². The summed E-state index contributed by atoms with van der Waals surface area (Å²) in [5.41, 5.74) is 4.85. The van der Waals surface area contributed by atoms with Crippen LogP contribution in [-0.4, -0.2) is 42.4 Å². The zero-order valence-electron chi connectivity index (χ0n) is 12.6. The summed E-state index contributed by atoms with van der Waals surface area (Å²) < 4.78 is 30.9. The van der Waals surface area contributed by atoms with Gasteiger partial charge in [-0.15, -0.1) is 0 Å². The fraction of sp³-hybridized carbons (Fsp3) is 0.400. The molecule has 1 aliphatic heterocycles. The van der Waals surface area contributed by atoms with Crippen LogP contribution >= 0.6 is 11.6 Å². The van der Waals surface area contributed by atoms with Crippen LogP contribution in [0.4, 0.5) is 8.78 Å². The van der Waals surface area contributed by atoms with Crippen LogP contribution in [0.3, 0.4) is 0 Å². The smallest absolute Gasteiger partial charge is 0.340 e. The third-order valence-corrected chi connectivity index (χ3v) is 4.05. The first kappa shape index (κ1) is 18.1. The monoisotopic (exact) mass is 360 g/mol. The Bertz CT molecular complexity index is 684. The minimum Gasteiger partial charge on any atom is -0.452 e. The zero-order chi connectivity index (χ0) is 17.9. The van der Waals surface area contributed by atoms with Crippen LogP contribution in [0.2, 0.25) is 5.02 Å². The highest BCUT2D eigenvalue weighted by Gasteiger charge is 2.27. The number of carbonyl (C=O) groups excluding carboxylic acids is 3. The van der Waals surface area contributed by atoms with Crippen molar-refractivity contribution in [3.05, 3.63) is 34.4 Å². The van der Waals surface area contributed by atoms with Crippen LogP contribution in [0.25, 0.3) is 0 Å². The van der Waals surface area contributed by atoms with Crippen LogP contribution in [0.5, 0.6) is 0 Å². The van der Waals surface area contributed by atoms with Crippen molar-refractivity contribution in [3.8, 4) is 0 Å².